The van der Waals surface area contributed by atoms with Crippen LogP contribution in [0.15, 0.2) is 20.5 Å². The topological polar surface area (TPSA) is 97.6 Å². The molecule has 3 heterocycles. The Hall–Kier alpha value is -2.22. The Morgan fingerprint density at radius 1 is 1.30 bits per heavy atom. The highest BCUT2D eigenvalue weighted by Crippen LogP contribution is 2.38. The SMILES string of the molecule is Cc1cc(C)c2c(=O)[nH]c(SCc3nc(C4CC4)no3)nc2n1. The fraction of sp³-hybridized carbons (Fsp3) is 0.400. The van der Waals surface area contributed by atoms with Gasteiger partial charge in [-0.05, 0) is 38.3 Å². The lowest BCUT2D eigenvalue weighted by atomic mass is 10.2. The maximum atomic E-state index is 12.2. The third-order valence-corrected chi connectivity index (χ3v) is 4.60. The smallest absolute Gasteiger partial charge is 0.261 e. The molecule has 7 nitrogen and oxygen atoms in total. The van der Waals surface area contributed by atoms with E-state index < -0.39 is 0 Å². The van der Waals surface area contributed by atoms with Crippen LogP contribution < -0.4 is 5.56 Å². The summed E-state index contributed by atoms with van der Waals surface area (Å²) in [6.45, 7) is 3.78. The zero-order chi connectivity index (χ0) is 16.0. The van der Waals surface area contributed by atoms with Crippen molar-refractivity contribution in [3.05, 3.63) is 39.4 Å². The van der Waals surface area contributed by atoms with Crippen LogP contribution in [0.1, 0.15) is 41.7 Å². The van der Waals surface area contributed by atoms with Crippen LogP contribution in [-0.4, -0.2) is 25.1 Å². The predicted octanol–water partition coefficient (Wildman–Crippen LogP) is 2.49. The van der Waals surface area contributed by atoms with Crippen LogP contribution in [0.4, 0.5) is 0 Å². The van der Waals surface area contributed by atoms with Crippen molar-refractivity contribution in [2.75, 3.05) is 0 Å². The van der Waals surface area contributed by atoms with Crippen molar-refractivity contribution in [2.45, 2.75) is 43.5 Å². The van der Waals surface area contributed by atoms with Gasteiger partial charge in [0.1, 0.15) is 0 Å². The van der Waals surface area contributed by atoms with Crippen molar-refractivity contribution in [3.8, 4) is 0 Å². The molecule has 1 aliphatic carbocycles. The van der Waals surface area contributed by atoms with Gasteiger partial charge in [-0.2, -0.15) is 4.98 Å². The van der Waals surface area contributed by atoms with Crippen molar-refractivity contribution in [3.63, 3.8) is 0 Å². The van der Waals surface area contributed by atoms with Crippen LogP contribution in [0.2, 0.25) is 0 Å². The van der Waals surface area contributed by atoms with Gasteiger partial charge >= 0.3 is 0 Å². The number of rotatable bonds is 4. The summed E-state index contributed by atoms with van der Waals surface area (Å²) in [5.41, 5.74) is 2.02. The molecule has 0 aliphatic heterocycles. The number of thioether (sulfide) groups is 1. The summed E-state index contributed by atoms with van der Waals surface area (Å²) < 4.78 is 5.23. The molecule has 0 spiro atoms. The van der Waals surface area contributed by atoms with Crippen LogP contribution in [0, 0.1) is 13.8 Å². The Kier molecular flexibility index (Phi) is 3.41. The van der Waals surface area contributed by atoms with E-state index >= 15 is 0 Å². The standard InChI is InChI=1S/C15H15N5O2S/c1-7-5-8(2)16-13-11(7)14(21)19-15(18-13)23-6-10-17-12(20-22-10)9-3-4-9/h5,9H,3-4,6H2,1-2H3,(H,16,18,19,21). The van der Waals surface area contributed by atoms with Crippen LogP contribution in [0.3, 0.4) is 0 Å². The number of nitrogens with zero attached hydrogens (tertiary/aromatic N) is 4. The molecule has 1 aliphatic rings. The van der Waals surface area contributed by atoms with E-state index in [4.69, 9.17) is 4.52 Å². The molecule has 1 N–H and O–H groups in total. The van der Waals surface area contributed by atoms with E-state index in [0.29, 0.717) is 33.8 Å². The molecule has 3 aromatic rings. The van der Waals surface area contributed by atoms with Gasteiger partial charge < -0.3 is 9.51 Å². The number of nitrogens with one attached hydrogen (secondary N) is 1. The largest absolute Gasteiger partial charge is 0.338 e. The molecule has 3 aromatic heterocycles. The maximum absolute atomic E-state index is 12.2. The summed E-state index contributed by atoms with van der Waals surface area (Å²) in [5, 5.41) is 5.02. The first-order chi connectivity index (χ1) is 11.1. The molecule has 1 saturated carbocycles. The lowest BCUT2D eigenvalue weighted by molar-refractivity contribution is 0.385. The molecule has 0 unspecified atom stereocenters. The van der Waals surface area contributed by atoms with E-state index in [9.17, 15) is 4.79 Å². The Labute approximate surface area is 135 Å². The Morgan fingerprint density at radius 2 is 2.13 bits per heavy atom. The fourth-order valence-electron chi connectivity index (χ4n) is 2.49. The van der Waals surface area contributed by atoms with E-state index in [1.807, 2.05) is 19.9 Å². The number of hydrogen-bond donors (Lipinski definition) is 1. The number of pyridine rings is 1. The zero-order valence-electron chi connectivity index (χ0n) is 12.8. The molecular formula is C15H15N5O2S. The Morgan fingerprint density at radius 3 is 2.91 bits per heavy atom. The normalized spacial score (nSPS) is 14.5. The predicted molar refractivity (Wildman–Crippen MR) is 85.5 cm³/mol. The molecule has 0 saturated heterocycles. The van der Waals surface area contributed by atoms with Gasteiger partial charge in [-0.3, -0.25) is 4.79 Å². The second-order valence-corrected chi connectivity index (χ2v) is 6.72. The number of H-pyrrole nitrogens is 1. The molecule has 0 atom stereocenters. The summed E-state index contributed by atoms with van der Waals surface area (Å²) in [6.07, 6.45) is 2.27. The van der Waals surface area contributed by atoms with Gasteiger partial charge in [0.2, 0.25) is 5.89 Å². The summed E-state index contributed by atoms with van der Waals surface area (Å²) in [5.74, 6) is 2.27. The third kappa shape index (κ3) is 2.86. The fourth-order valence-corrected chi connectivity index (χ4v) is 3.19. The van der Waals surface area contributed by atoms with Gasteiger partial charge in [0.25, 0.3) is 5.56 Å². The van der Waals surface area contributed by atoms with Crippen LogP contribution in [0.25, 0.3) is 11.0 Å². The first kappa shape index (κ1) is 14.4. The maximum Gasteiger partial charge on any atom is 0.261 e. The van der Waals surface area contributed by atoms with Gasteiger partial charge in [0.15, 0.2) is 16.6 Å². The van der Waals surface area contributed by atoms with Gasteiger partial charge in [-0.1, -0.05) is 16.9 Å². The van der Waals surface area contributed by atoms with Crippen LogP contribution >= 0.6 is 11.8 Å². The Bertz CT molecular complexity index is 945. The van der Waals surface area contributed by atoms with Crippen molar-refractivity contribution >= 4 is 22.8 Å². The molecular weight excluding hydrogens is 314 g/mol. The van der Waals surface area contributed by atoms with Gasteiger partial charge in [0.05, 0.1) is 11.1 Å². The van der Waals surface area contributed by atoms with Crippen molar-refractivity contribution in [1.82, 2.24) is 25.1 Å². The van der Waals surface area contributed by atoms with Crippen LogP contribution in [-0.2, 0) is 5.75 Å². The minimum atomic E-state index is -0.174. The number of fused-ring (bicyclic) bond motifs is 1. The first-order valence-corrected chi connectivity index (χ1v) is 8.42. The van der Waals surface area contributed by atoms with Crippen molar-refractivity contribution in [2.24, 2.45) is 0 Å². The quantitative estimate of drug-likeness (QED) is 0.580. The monoisotopic (exact) mass is 329 g/mol. The molecule has 23 heavy (non-hydrogen) atoms. The molecule has 0 radical (unpaired) electrons. The van der Waals surface area contributed by atoms with E-state index in [1.54, 1.807) is 0 Å². The van der Waals surface area contributed by atoms with Gasteiger partial charge in [-0.15, -0.1) is 0 Å². The molecule has 8 heteroatoms. The van der Waals surface area contributed by atoms with Crippen LogP contribution in [0.5, 0.6) is 0 Å². The van der Waals surface area contributed by atoms with E-state index in [1.165, 1.54) is 11.8 Å². The highest BCUT2D eigenvalue weighted by atomic mass is 32.2. The minimum absolute atomic E-state index is 0.174. The first-order valence-electron chi connectivity index (χ1n) is 7.43. The molecule has 0 aromatic carbocycles. The summed E-state index contributed by atoms with van der Waals surface area (Å²) in [4.78, 5) is 28.2. The van der Waals surface area contributed by atoms with Crippen molar-refractivity contribution in [1.29, 1.82) is 0 Å². The summed E-state index contributed by atoms with van der Waals surface area (Å²) in [6, 6.07) is 1.88. The van der Waals surface area contributed by atoms with E-state index in [-0.39, 0.29) is 5.56 Å². The second kappa shape index (κ2) is 5.45. The van der Waals surface area contributed by atoms with E-state index in [2.05, 4.69) is 25.1 Å². The average molecular weight is 329 g/mol. The Balaban J connectivity index is 1.59. The van der Waals surface area contributed by atoms with E-state index in [0.717, 1.165) is 29.9 Å². The highest BCUT2D eigenvalue weighted by Gasteiger charge is 2.28. The highest BCUT2D eigenvalue weighted by molar-refractivity contribution is 7.98. The summed E-state index contributed by atoms with van der Waals surface area (Å²) in [7, 11) is 0. The molecule has 4 rings (SSSR count). The summed E-state index contributed by atoms with van der Waals surface area (Å²) >= 11 is 1.36. The lowest BCUT2D eigenvalue weighted by Crippen LogP contribution is -2.12. The lowest BCUT2D eigenvalue weighted by Gasteiger charge is -2.04. The zero-order valence-corrected chi connectivity index (χ0v) is 13.6. The number of aromatic amines is 1. The molecule has 0 bridgehead atoms. The molecule has 118 valence electrons. The molecule has 0 amide bonds. The van der Waals surface area contributed by atoms with Gasteiger partial charge in [-0.25, -0.2) is 9.97 Å². The number of hydrogen-bond acceptors (Lipinski definition) is 7. The minimum Gasteiger partial charge on any atom is -0.338 e. The number of aryl methyl sites for hydroxylation is 2. The second-order valence-electron chi connectivity index (χ2n) is 5.76. The molecule has 1 fully saturated rings. The number of aromatic nitrogens is 5. The van der Waals surface area contributed by atoms with Gasteiger partial charge in [0, 0.05) is 11.6 Å². The van der Waals surface area contributed by atoms with Crippen molar-refractivity contribution < 1.29 is 4.52 Å². The third-order valence-electron chi connectivity index (χ3n) is 3.74. The average Bonchev–Trinajstić information content (AvgIpc) is 3.23.